The maximum absolute atomic E-state index is 12.9. The Morgan fingerprint density at radius 2 is 0.861 bits per heavy atom. The molecule has 0 aromatic heterocycles. The van der Waals surface area contributed by atoms with E-state index >= 15 is 0 Å². The van der Waals surface area contributed by atoms with Crippen LogP contribution in [-0.4, -0.2) is 53.4 Å². The summed E-state index contributed by atoms with van der Waals surface area (Å²) in [7, 11) is 0. The molecular formula is C28H34N4O4. The quantitative estimate of drug-likeness (QED) is 0.349. The molecule has 2 aliphatic rings. The molecule has 2 aromatic rings. The number of amidine groups is 2. The fraction of sp³-hybridized carbons (Fsp3) is 0.429. The van der Waals surface area contributed by atoms with Crippen molar-refractivity contribution in [2.45, 2.75) is 77.5 Å². The van der Waals surface area contributed by atoms with E-state index in [0.717, 1.165) is 30.7 Å². The minimum absolute atomic E-state index is 0.117. The second kappa shape index (κ2) is 8.08. The van der Waals surface area contributed by atoms with Gasteiger partial charge >= 0.3 is 11.7 Å². The molecule has 0 N–H and O–H groups in total. The SMILES string of the molecule is CC1(C)N([O])C(c2ccc(/C=C/c3ccc(C4=[N+]([O-])C(C)(C)C(C)(C)N4[O])cc3)cc2)=[N+]([O-])C1(C)C. The minimum Gasteiger partial charge on any atom is -0.714 e. The maximum Gasteiger partial charge on any atom is 0.316 e. The summed E-state index contributed by atoms with van der Waals surface area (Å²) in [6, 6.07) is 14.5. The number of nitrogens with zero attached hydrogens (tertiary/aromatic N) is 4. The van der Waals surface area contributed by atoms with Gasteiger partial charge in [0.1, 0.15) is 11.1 Å². The zero-order chi connectivity index (χ0) is 26.8. The molecule has 0 saturated carbocycles. The molecule has 190 valence electrons. The number of hydrogen-bond acceptors (Lipinski definition) is 4. The van der Waals surface area contributed by atoms with E-state index < -0.39 is 22.2 Å². The molecule has 0 unspecified atom stereocenters. The van der Waals surface area contributed by atoms with E-state index in [1.165, 1.54) is 0 Å². The van der Waals surface area contributed by atoms with Crippen molar-refractivity contribution < 1.29 is 19.9 Å². The highest BCUT2D eigenvalue weighted by atomic mass is 16.5. The molecular weight excluding hydrogens is 456 g/mol. The highest BCUT2D eigenvalue weighted by Crippen LogP contribution is 2.38. The lowest BCUT2D eigenvalue weighted by Crippen LogP contribution is -2.53. The lowest BCUT2D eigenvalue weighted by atomic mass is 9.84. The van der Waals surface area contributed by atoms with E-state index in [0.29, 0.717) is 11.1 Å². The molecule has 0 amide bonds. The zero-order valence-corrected chi connectivity index (χ0v) is 22.2. The Labute approximate surface area is 212 Å². The molecule has 36 heavy (non-hydrogen) atoms. The van der Waals surface area contributed by atoms with Crippen LogP contribution in [0.5, 0.6) is 0 Å². The molecule has 0 spiro atoms. The van der Waals surface area contributed by atoms with Crippen molar-refractivity contribution in [1.29, 1.82) is 0 Å². The highest BCUT2D eigenvalue weighted by molar-refractivity contribution is 5.97. The first kappa shape index (κ1) is 25.7. The van der Waals surface area contributed by atoms with Gasteiger partial charge in [-0.05, 0) is 90.8 Å². The first-order chi connectivity index (χ1) is 16.5. The summed E-state index contributed by atoms with van der Waals surface area (Å²) in [4.78, 5) is 0. The Bertz CT molecular complexity index is 1170. The van der Waals surface area contributed by atoms with Crippen LogP contribution in [0.2, 0.25) is 0 Å². The lowest BCUT2D eigenvalue weighted by molar-refractivity contribution is -0.539. The van der Waals surface area contributed by atoms with Gasteiger partial charge in [-0.3, -0.25) is 9.48 Å². The van der Waals surface area contributed by atoms with Crippen molar-refractivity contribution >= 4 is 23.8 Å². The Balaban J connectivity index is 1.53. The number of rotatable bonds is 4. The molecule has 2 radical (unpaired) electrons. The fourth-order valence-electron chi connectivity index (χ4n) is 4.37. The lowest BCUT2D eigenvalue weighted by Gasteiger charge is -2.32. The van der Waals surface area contributed by atoms with Crippen LogP contribution in [0.4, 0.5) is 0 Å². The third kappa shape index (κ3) is 3.50. The molecule has 0 fully saturated rings. The molecule has 8 nitrogen and oxygen atoms in total. The maximum atomic E-state index is 12.9. The number of hydroxylamine groups is 6. The minimum atomic E-state index is -0.858. The average Bonchev–Trinajstić information content (AvgIpc) is 3.02. The van der Waals surface area contributed by atoms with Gasteiger partial charge < -0.3 is 10.4 Å². The van der Waals surface area contributed by atoms with Crippen molar-refractivity contribution in [2.75, 3.05) is 0 Å². The monoisotopic (exact) mass is 490 g/mol. The van der Waals surface area contributed by atoms with Gasteiger partial charge in [-0.15, -0.1) is 0 Å². The average molecular weight is 491 g/mol. The molecule has 0 atom stereocenters. The van der Waals surface area contributed by atoms with Gasteiger partial charge in [0, 0.05) is 10.4 Å². The van der Waals surface area contributed by atoms with Crippen LogP contribution in [0.3, 0.4) is 0 Å². The summed E-state index contributed by atoms with van der Waals surface area (Å²) in [5.41, 5.74) is -0.479. The molecule has 2 heterocycles. The van der Waals surface area contributed by atoms with E-state index in [1.54, 1.807) is 79.7 Å². The summed E-state index contributed by atoms with van der Waals surface area (Å²) >= 11 is 0. The second-order valence-electron chi connectivity index (χ2n) is 11.6. The topological polar surface area (TPSA) is 98.4 Å². The van der Waals surface area contributed by atoms with Gasteiger partial charge in [0.25, 0.3) is 0 Å². The second-order valence-corrected chi connectivity index (χ2v) is 11.6. The van der Waals surface area contributed by atoms with Crippen molar-refractivity contribution in [1.82, 2.24) is 10.1 Å². The molecule has 2 aromatic carbocycles. The summed E-state index contributed by atoms with van der Waals surface area (Å²) in [5.74, 6) is 0.235. The molecule has 0 aliphatic carbocycles. The summed E-state index contributed by atoms with van der Waals surface area (Å²) in [6.45, 7) is 14.2. The number of benzene rings is 2. The van der Waals surface area contributed by atoms with Gasteiger partial charge in [-0.25, -0.2) is 0 Å². The zero-order valence-electron chi connectivity index (χ0n) is 22.2. The van der Waals surface area contributed by atoms with Gasteiger partial charge in [0.15, 0.2) is 11.1 Å². The van der Waals surface area contributed by atoms with Crippen molar-refractivity contribution in [3.63, 3.8) is 0 Å². The predicted octanol–water partition coefficient (Wildman–Crippen LogP) is 4.81. The third-order valence-electron chi connectivity index (χ3n) is 8.60. The third-order valence-corrected chi connectivity index (χ3v) is 8.60. The van der Waals surface area contributed by atoms with Crippen LogP contribution in [0.25, 0.3) is 12.2 Å². The van der Waals surface area contributed by atoms with E-state index in [2.05, 4.69) is 0 Å². The van der Waals surface area contributed by atoms with Gasteiger partial charge in [0.2, 0.25) is 0 Å². The molecule has 4 rings (SSSR count). The standard InChI is InChI=1S/C28H34N4O4/c1-25(2)26(3,4)30(34)23(29(25)33)21-15-11-19(12-16-21)9-10-20-13-17-22(18-14-20)24-31(35)27(5,6)28(7,8)32(24)36/h9-18H,1-8H3/b10-9+. The molecule has 0 bridgehead atoms. The smallest absolute Gasteiger partial charge is 0.316 e. The van der Waals surface area contributed by atoms with Crippen molar-refractivity contribution in [3.05, 3.63) is 81.2 Å². The molecule has 2 aliphatic heterocycles. The van der Waals surface area contributed by atoms with Crippen LogP contribution in [0.15, 0.2) is 48.5 Å². The molecule has 8 heteroatoms. The first-order valence-corrected chi connectivity index (χ1v) is 12.1. The Hall–Kier alpha value is -3.36. The van der Waals surface area contributed by atoms with Crippen LogP contribution in [-0.2, 0) is 10.4 Å². The van der Waals surface area contributed by atoms with Crippen molar-refractivity contribution in [2.24, 2.45) is 0 Å². The van der Waals surface area contributed by atoms with Crippen LogP contribution in [0, 0.1) is 10.4 Å². The predicted molar refractivity (Wildman–Crippen MR) is 139 cm³/mol. The van der Waals surface area contributed by atoms with Crippen molar-refractivity contribution in [3.8, 4) is 0 Å². The van der Waals surface area contributed by atoms with E-state index in [9.17, 15) is 20.8 Å². The van der Waals surface area contributed by atoms with E-state index in [1.807, 2.05) is 36.4 Å². The number of hydrogen-bond donors (Lipinski definition) is 0. The van der Waals surface area contributed by atoms with Gasteiger partial charge in [-0.2, -0.15) is 0 Å². The summed E-state index contributed by atoms with van der Waals surface area (Å²) < 4.78 is 1.62. The van der Waals surface area contributed by atoms with E-state index in [-0.39, 0.29) is 11.7 Å². The first-order valence-electron chi connectivity index (χ1n) is 12.1. The normalized spacial score (nSPS) is 22.3. The largest absolute Gasteiger partial charge is 0.714 e. The van der Waals surface area contributed by atoms with Gasteiger partial charge in [0.05, 0.1) is 11.1 Å². The Kier molecular flexibility index (Phi) is 5.77. The van der Waals surface area contributed by atoms with E-state index in [4.69, 9.17) is 0 Å². The van der Waals surface area contributed by atoms with Crippen LogP contribution < -0.4 is 0 Å². The van der Waals surface area contributed by atoms with Crippen LogP contribution in [0.1, 0.15) is 77.6 Å². The van der Waals surface area contributed by atoms with Gasteiger partial charge in [-0.1, -0.05) is 46.5 Å². The molecule has 0 saturated heterocycles. The summed E-state index contributed by atoms with van der Waals surface area (Å²) in [5, 5.41) is 53.1. The Morgan fingerprint density at radius 1 is 0.583 bits per heavy atom. The highest BCUT2D eigenvalue weighted by Gasteiger charge is 2.60. The Morgan fingerprint density at radius 3 is 1.08 bits per heavy atom. The summed E-state index contributed by atoms with van der Waals surface area (Å²) in [6.07, 6.45) is 3.84. The fourth-order valence-corrected chi connectivity index (χ4v) is 4.37. The van der Waals surface area contributed by atoms with Crippen LogP contribution >= 0.6 is 0 Å².